The fourth-order valence-corrected chi connectivity index (χ4v) is 1.79. The van der Waals surface area contributed by atoms with Crippen molar-refractivity contribution in [1.82, 2.24) is 4.57 Å². The second kappa shape index (κ2) is 5.18. The molecule has 88 valence electrons. The molecular weight excluding hydrogens is 198 g/mol. The van der Waals surface area contributed by atoms with Crippen molar-refractivity contribution in [2.45, 2.75) is 46.2 Å². The molecular formula is C13H21N3. The summed E-state index contributed by atoms with van der Waals surface area (Å²) in [5.41, 5.74) is 6.81. The van der Waals surface area contributed by atoms with Crippen LogP contribution in [0, 0.1) is 16.7 Å². The van der Waals surface area contributed by atoms with Gasteiger partial charge in [-0.05, 0) is 45.7 Å². The molecule has 0 aliphatic carbocycles. The summed E-state index contributed by atoms with van der Waals surface area (Å²) in [6, 6.07) is 6.47. The van der Waals surface area contributed by atoms with Gasteiger partial charge < -0.3 is 10.3 Å². The molecule has 0 amide bonds. The molecule has 0 aliphatic heterocycles. The van der Waals surface area contributed by atoms with Crippen LogP contribution in [0.4, 0.5) is 0 Å². The molecule has 3 heteroatoms. The number of nitriles is 1. The summed E-state index contributed by atoms with van der Waals surface area (Å²) in [7, 11) is 0. The molecule has 1 rings (SSSR count). The van der Waals surface area contributed by atoms with Crippen molar-refractivity contribution in [3.63, 3.8) is 0 Å². The minimum Gasteiger partial charge on any atom is -0.350 e. The summed E-state index contributed by atoms with van der Waals surface area (Å²) in [6.45, 7) is 6.89. The lowest BCUT2D eigenvalue weighted by molar-refractivity contribution is 0.412. The van der Waals surface area contributed by atoms with Crippen LogP contribution >= 0.6 is 0 Å². The highest BCUT2D eigenvalue weighted by atomic mass is 15.0. The van der Waals surface area contributed by atoms with Crippen molar-refractivity contribution in [1.29, 1.82) is 5.26 Å². The summed E-state index contributed by atoms with van der Waals surface area (Å²) in [5, 5.41) is 8.92. The fourth-order valence-electron chi connectivity index (χ4n) is 1.79. The third kappa shape index (κ3) is 3.39. The van der Waals surface area contributed by atoms with E-state index in [0.717, 1.165) is 25.1 Å². The Bertz CT molecular complexity index is 369. The lowest BCUT2D eigenvalue weighted by atomic mass is 9.90. The van der Waals surface area contributed by atoms with Crippen molar-refractivity contribution in [3.8, 4) is 6.07 Å². The first kappa shape index (κ1) is 12.8. The molecule has 0 aromatic carbocycles. The molecule has 1 aromatic rings. The lowest BCUT2D eigenvalue weighted by Gasteiger charge is -2.16. The Morgan fingerprint density at radius 2 is 2.25 bits per heavy atom. The molecule has 0 saturated heterocycles. The van der Waals surface area contributed by atoms with Crippen LogP contribution in [0.3, 0.4) is 0 Å². The van der Waals surface area contributed by atoms with Gasteiger partial charge in [0.1, 0.15) is 0 Å². The summed E-state index contributed by atoms with van der Waals surface area (Å²) in [4.78, 5) is 0. The predicted octanol–water partition coefficient (Wildman–Crippen LogP) is 2.84. The van der Waals surface area contributed by atoms with Crippen molar-refractivity contribution in [3.05, 3.63) is 24.0 Å². The summed E-state index contributed by atoms with van der Waals surface area (Å²) >= 11 is 0. The molecule has 0 fully saturated rings. The molecule has 1 heterocycles. The molecule has 1 atom stereocenters. The lowest BCUT2D eigenvalue weighted by Crippen LogP contribution is -2.14. The van der Waals surface area contributed by atoms with Gasteiger partial charge in [0.25, 0.3) is 0 Å². The van der Waals surface area contributed by atoms with Crippen LogP contribution in [-0.4, -0.2) is 4.57 Å². The Balaban J connectivity index is 2.50. The maximum Gasteiger partial charge on any atom is 0.0683 e. The Morgan fingerprint density at radius 1 is 1.56 bits per heavy atom. The number of aryl methyl sites for hydroxylation is 1. The smallest absolute Gasteiger partial charge is 0.0683 e. The first-order valence-electron chi connectivity index (χ1n) is 5.78. The van der Waals surface area contributed by atoms with Gasteiger partial charge in [0.05, 0.1) is 11.5 Å². The summed E-state index contributed by atoms with van der Waals surface area (Å²) in [5.74, 6) is 0. The summed E-state index contributed by atoms with van der Waals surface area (Å²) < 4.78 is 2.18. The topological polar surface area (TPSA) is 54.7 Å². The quantitative estimate of drug-likeness (QED) is 0.827. The number of nitrogens with two attached hydrogens (primary N) is 1. The number of hydrogen-bond donors (Lipinski definition) is 1. The standard InChI is InChI=1S/C13H21N3/c1-11(15)12-6-4-8-16(12)9-5-7-13(2,3)10-14/h4,6,8,11H,5,7,9,15H2,1-3H3. The number of hydrogen-bond acceptors (Lipinski definition) is 2. The van der Waals surface area contributed by atoms with Crippen molar-refractivity contribution in [2.75, 3.05) is 0 Å². The van der Waals surface area contributed by atoms with Crippen LogP contribution in [0.2, 0.25) is 0 Å². The first-order chi connectivity index (χ1) is 7.46. The minimum atomic E-state index is -0.221. The highest BCUT2D eigenvalue weighted by Crippen LogP contribution is 2.21. The molecule has 0 aliphatic rings. The largest absolute Gasteiger partial charge is 0.350 e. The van der Waals surface area contributed by atoms with Gasteiger partial charge in [0, 0.05) is 24.5 Å². The second-order valence-corrected chi connectivity index (χ2v) is 5.01. The van der Waals surface area contributed by atoms with Crippen LogP contribution in [0.15, 0.2) is 18.3 Å². The van der Waals surface area contributed by atoms with Gasteiger partial charge >= 0.3 is 0 Å². The predicted molar refractivity (Wildman–Crippen MR) is 65.7 cm³/mol. The van der Waals surface area contributed by atoms with E-state index in [2.05, 4.69) is 22.9 Å². The fraction of sp³-hybridized carbons (Fsp3) is 0.615. The number of rotatable bonds is 5. The van der Waals surface area contributed by atoms with Gasteiger partial charge in [-0.25, -0.2) is 0 Å². The van der Waals surface area contributed by atoms with Gasteiger partial charge in [0.15, 0.2) is 0 Å². The van der Waals surface area contributed by atoms with E-state index in [1.54, 1.807) is 0 Å². The molecule has 1 aromatic heterocycles. The third-order valence-corrected chi connectivity index (χ3v) is 2.83. The van der Waals surface area contributed by atoms with Gasteiger partial charge in [-0.2, -0.15) is 5.26 Å². The molecule has 16 heavy (non-hydrogen) atoms. The number of nitrogens with zero attached hydrogens (tertiary/aromatic N) is 2. The maximum absolute atomic E-state index is 8.92. The van der Waals surface area contributed by atoms with Crippen LogP contribution in [-0.2, 0) is 6.54 Å². The molecule has 0 radical (unpaired) electrons. The Morgan fingerprint density at radius 3 is 2.81 bits per heavy atom. The van der Waals surface area contributed by atoms with Crippen LogP contribution in [0.25, 0.3) is 0 Å². The SMILES string of the molecule is CC(N)c1cccn1CCCC(C)(C)C#N. The van der Waals surface area contributed by atoms with Crippen molar-refractivity contribution in [2.24, 2.45) is 11.1 Å². The van der Waals surface area contributed by atoms with Crippen LogP contribution < -0.4 is 5.73 Å². The van der Waals surface area contributed by atoms with Crippen molar-refractivity contribution >= 4 is 0 Å². The van der Waals surface area contributed by atoms with E-state index in [1.807, 2.05) is 26.8 Å². The highest BCUT2D eigenvalue weighted by molar-refractivity contribution is 5.10. The van der Waals surface area contributed by atoms with E-state index in [4.69, 9.17) is 11.0 Å². The molecule has 0 spiro atoms. The van der Waals surface area contributed by atoms with E-state index in [9.17, 15) is 0 Å². The third-order valence-electron chi connectivity index (χ3n) is 2.83. The Kier molecular flexibility index (Phi) is 4.14. The van der Waals surface area contributed by atoms with Crippen LogP contribution in [0.5, 0.6) is 0 Å². The van der Waals surface area contributed by atoms with Crippen molar-refractivity contribution < 1.29 is 0 Å². The van der Waals surface area contributed by atoms with E-state index in [-0.39, 0.29) is 11.5 Å². The van der Waals surface area contributed by atoms with Gasteiger partial charge in [-0.15, -0.1) is 0 Å². The number of aromatic nitrogens is 1. The summed E-state index contributed by atoms with van der Waals surface area (Å²) in [6.07, 6.45) is 3.98. The first-order valence-corrected chi connectivity index (χ1v) is 5.78. The molecule has 1 unspecified atom stereocenters. The zero-order valence-electron chi connectivity index (χ0n) is 10.4. The van der Waals surface area contributed by atoms with E-state index in [0.29, 0.717) is 0 Å². The molecule has 3 nitrogen and oxygen atoms in total. The monoisotopic (exact) mass is 219 g/mol. The zero-order chi connectivity index (χ0) is 12.2. The Hall–Kier alpha value is -1.27. The maximum atomic E-state index is 8.92. The average molecular weight is 219 g/mol. The second-order valence-electron chi connectivity index (χ2n) is 5.01. The van der Waals surface area contributed by atoms with Gasteiger partial charge in [-0.1, -0.05) is 0 Å². The highest BCUT2D eigenvalue weighted by Gasteiger charge is 2.16. The zero-order valence-corrected chi connectivity index (χ0v) is 10.4. The molecule has 0 bridgehead atoms. The van der Waals surface area contributed by atoms with E-state index < -0.39 is 0 Å². The molecule has 0 saturated carbocycles. The van der Waals surface area contributed by atoms with Crippen LogP contribution in [0.1, 0.15) is 45.3 Å². The average Bonchev–Trinajstić information content (AvgIpc) is 2.66. The minimum absolute atomic E-state index is 0.0685. The molecule has 2 N–H and O–H groups in total. The van der Waals surface area contributed by atoms with Gasteiger partial charge in [0.2, 0.25) is 0 Å². The van der Waals surface area contributed by atoms with E-state index in [1.165, 1.54) is 0 Å². The van der Waals surface area contributed by atoms with E-state index >= 15 is 0 Å². The van der Waals surface area contributed by atoms with Gasteiger partial charge in [-0.3, -0.25) is 0 Å². The normalized spacial score (nSPS) is 13.4. The Labute approximate surface area is 97.9 Å².